The summed E-state index contributed by atoms with van der Waals surface area (Å²) in [6, 6.07) is 7.62. The zero-order valence-electron chi connectivity index (χ0n) is 19.1. The summed E-state index contributed by atoms with van der Waals surface area (Å²) in [5.41, 5.74) is -1.98. The molecule has 14 heteroatoms. The van der Waals surface area contributed by atoms with Crippen molar-refractivity contribution in [1.82, 2.24) is 24.6 Å². The number of aliphatic hydroxyl groups is 1. The number of rotatable bonds is 7. The second-order valence-corrected chi connectivity index (χ2v) is 10.2. The molecule has 0 unspecified atom stereocenters. The highest BCUT2D eigenvalue weighted by molar-refractivity contribution is 7.89. The van der Waals surface area contributed by atoms with Gasteiger partial charge in [-0.2, -0.15) is 17.5 Å². The van der Waals surface area contributed by atoms with E-state index in [-0.39, 0.29) is 35.8 Å². The van der Waals surface area contributed by atoms with Gasteiger partial charge in [0.2, 0.25) is 15.9 Å². The number of aliphatic hydroxyl groups excluding tert-OH is 1. The summed E-state index contributed by atoms with van der Waals surface area (Å²) in [7, 11) is -4.23. The predicted octanol–water partition coefficient (Wildman–Crippen LogP) is 2.53. The fraction of sp³-hybridized carbons (Fsp3) is 0.304. The van der Waals surface area contributed by atoms with Crippen LogP contribution in [0.25, 0.3) is 11.3 Å². The van der Waals surface area contributed by atoms with Crippen molar-refractivity contribution in [3.05, 3.63) is 72.2 Å². The topological polar surface area (TPSA) is 125 Å². The molecular formula is C23H21F4N5O4S. The summed E-state index contributed by atoms with van der Waals surface area (Å²) >= 11 is 0. The van der Waals surface area contributed by atoms with Gasteiger partial charge >= 0.3 is 6.18 Å². The largest absolute Gasteiger partial charge is 0.433 e. The smallest absolute Gasteiger partial charge is 0.394 e. The van der Waals surface area contributed by atoms with E-state index in [1.807, 2.05) is 0 Å². The third kappa shape index (κ3) is 5.31. The van der Waals surface area contributed by atoms with E-state index in [1.165, 1.54) is 12.1 Å². The SMILES string of the molecule is O=C(NCc1cc(-c2ccc(C(F)(F)F)nc2)ncn1)[C@]1(CO)CCCN1S(=O)(=O)c1ccc(F)cc1. The normalized spacial score (nSPS) is 18.6. The molecule has 1 atom stereocenters. The molecule has 9 nitrogen and oxygen atoms in total. The van der Waals surface area contributed by atoms with Crippen LogP contribution in [-0.4, -0.2) is 57.4 Å². The van der Waals surface area contributed by atoms with E-state index in [0.29, 0.717) is 12.0 Å². The minimum atomic E-state index is -4.58. The van der Waals surface area contributed by atoms with Crippen LogP contribution in [0.15, 0.2) is 59.9 Å². The van der Waals surface area contributed by atoms with Gasteiger partial charge in [0.25, 0.3) is 0 Å². The van der Waals surface area contributed by atoms with E-state index in [2.05, 4.69) is 20.3 Å². The first-order valence-electron chi connectivity index (χ1n) is 11.0. The van der Waals surface area contributed by atoms with Crippen molar-refractivity contribution in [3.8, 4) is 11.3 Å². The second-order valence-electron chi connectivity index (χ2n) is 8.33. The number of carbonyl (C=O) groups excluding carboxylic acids is 1. The van der Waals surface area contributed by atoms with Crippen LogP contribution in [0.3, 0.4) is 0 Å². The van der Waals surface area contributed by atoms with Crippen molar-refractivity contribution in [2.45, 2.75) is 36.0 Å². The third-order valence-electron chi connectivity index (χ3n) is 6.02. The number of benzene rings is 1. The average Bonchev–Trinajstić information content (AvgIpc) is 3.34. The van der Waals surface area contributed by atoms with Gasteiger partial charge in [-0.25, -0.2) is 22.8 Å². The quantitative estimate of drug-likeness (QED) is 0.442. The summed E-state index contributed by atoms with van der Waals surface area (Å²) in [5, 5.41) is 12.7. The first kappa shape index (κ1) is 26.6. The van der Waals surface area contributed by atoms with Crippen molar-refractivity contribution in [2.24, 2.45) is 0 Å². The monoisotopic (exact) mass is 539 g/mol. The molecule has 196 valence electrons. The van der Waals surface area contributed by atoms with E-state index < -0.39 is 45.8 Å². The third-order valence-corrected chi connectivity index (χ3v) is 8.00. The lowest BCUT2D eigenvalue weighted by atomic mass is 9.97. The Balaban J connectivity index is 1.52. The Morgan fingerprint density at radius 1 is 1.11 bits per heavy atom. The first-order chi connectivity index (χ1) is 17.5. The highest BCUT2D eigenvalue weighted by Crippen LogP contribution is 2.35. The maximum Gasteiger partial charge on any atom is 0.433 e. The van der Waals surface area contributed by atoms with Gasteiger partial charge in [0.1, 0.15) is 23.4 Å². The van der Waals surface area contributed by atoms with Crippen LogP contribution < -0.4 is 5.32 Å². The molecule has 0 radical (unpaired) electrons. The lowest BCUT2D eigenvalue weighted by molar-refractivity contribution is -0.141. The minimum Gasteiger partial charge on any atom is -0.394 e. The Kier molecular flexibility index (Phi) is 7.26. The van der Waals surface area contributed by atoms with E-state index in [4.69, 9.17) is 0 Å². The fourth-order valence-corrected chi connectivity index (χ4v) is 5.89. The van der Waals surface area contributed by atoms with Crippen LogP contribution >= 0.6 is 0 Å². The van der Waals surface area contributed by atoms with Crippen molar-refractivity contribution in [1.29, 1.82) is 0 Å². The van der Waals surface area contributed by atoms with Gasteiger partial charge in [-0.1, -0.05) is 0 Å². The molecule has 1 aliphatic heterocycles. The zero-order chi connectivity index (χ0) is 26.8. The summed E-state index contributed by atoms with van der Waals surface area (Å²) in [6.07, 6.45) is -2.03. The van der Waals surface area contributed by atoms with Crippen LogP contribution in [-0.2, 0) is 27.5 Å². The molecule has 0 aliphatic carbocycles. The molecule has 3 aromatic rings. The zero-order valence-corrected chi connectivity index (χ0v) is 19.9. The van der Waals surface area contributed by atoms with Crippen LogP contribution in [0.1, 0.15) is 24.2 Å². The van der Waals surface area contributed by atoms with E-state index >= 15 is 0 Å². The van der Waals surface area contributed by atoms with Crippen molar-refractivity contribution >= 4 is 15.9 Å². The predicted molar refractivity (Wildman–Crippen MR) is 121 cm³/mol. The Bertz CT molecular complexity index is 1390. The van der Waals surface area contributed by atoms with Crippen molar-refractivity contribution < 1.29 is 35.9 Å². The molecule has 0 saturated carbocycles. The summed E-state index contributed by atoms with van der Waals surface area (Å²) < 4.78 is 78.9. The number of hydrogen-bond acceptors (Lipinski definition) is 7. The van der Waals surface area contributed by atoms with Gasteiger partial charge in [0.15, 0.2) is 0 Å². The number of sulfonamides is 1. The average molecular weight is 540 g/mol. The van der Waals surface area contributed by atoms with Gasteiger partial charge < -0.3 is 10.4 Å². The molecule has 3 heterocycles. The molecule has 4 rings (SSSR count). The van der Waals surface area contributed by atoms with E-state index in [9.17, 15) is 35.9 Å². The molecule has 0 spiro atoms. The van der Waals surface area contributed by atoms with Gasteiger partial charge in [-0.3, -0.25) is 9.78 Å². The molecular weight excluding hydrogens is 518 g/mol. The number of nitrogens with one attached hydrogen (secondary N) is 1. The summed E-state index contributed by atoms with van der Waals surface area (Å²) in [4.78, 5) is 24.4. The van der Waals surface area contributed by atoms with Crippen molar-refractivity contribution in [3.63, 3.8) is 0 Å². The Hall–Kier alpha value is -3.49. The molecule has 1 amide bonds. The number of aromatic nitrogens is 3. The Labute approximate surface area is 209 Å². The highest BCUT2D eigenvalue weighted by atomic mass is 32.2. The summed E-state index contributed by atoms with van der Waals surface area (Å²) in [6.45, 7) is -0.980. The second kappa shape index (κ2) is 10.1. The number of hydrogen-bond donors (Lipinski definition) is 2. The van der Waals surface area contributed by atoms with Gasteiger partial charge in [-0.15, -0.1) is 0 Å². The van der Waals surface area contributed by atoms with Crippen LogP contribution in [0.4, 0.5) is 17.6 Å². The molecule has 1 aromatic carbocycles. The Morgan fingerprint density at radius 2 is 1.84 bits per heavy atom. The number of halogens is 4. The van der Waals surface area contributed by atoms with E-state index in [1.54, 1.807) is 0 Å². The summed E-state index contributed by atoms with van der Waals surface area (Å²) in [5.74, 6) is -1.38. The maximum absolute atomic E-state index is 13.3. The maximum atomic E-state index is 13.3. The Morgan fingerprint density at radius 3 is 2.46 bits per heavy atom. The van der Waals surface area contributed by atoms with Crippen LogP contribution in [0.5, 0.6) is 0 Å². The molecule has 1 aliphatic rings. The number of pyridine rings is 1. The lowest BCUT2D eigenvalue weighted by Crippen LogP contribution is -2.59. The lowest BCUT2D eigenvalue weighted by Gasteiger charge is -2.34. The molecule has 1 fully saturated rings. The minimum absolute atomic E-state index is 0.0216. The first-order valence-corrected chi connectivity index (χ1v) is 12.4. The highest BCUT2D eigenvalue weighted by Gasteiger charge is 2.52. The van der Waals surface area contributed by atoms with Gasteiger partial charge in [0.05, 0.1) is 29.4 Å². The van der Waals surface area contributed by atoms with Gasteiger partial charge in [0, 0.05) is 18.3 Å². The molecule has 2 aromatic heterocycles. The number of carbonyl (C=O) groups is 1. The molecule has 1 saturated heterocycles. The van der Waals surface area contributed by atoms with Crippen LogP contribution in [0, 0.1) is 5.82 Å². The molecule has 0 bridgehead atoms. The molecule has 37 heavy (non-hydrogen) atoms. The van der Waals surface area contributed by atoms with Crippen molar-refractivity contribution in [2.75, 3.05) is 13.2 Å². The fourth-order valence-electron chi connectivity index (χ4n) is 4.09. The van der Waals surface area contributed by atoms with Crippen LogP contribution in [0.2, 0.25) is 0 Å². The number of amides is 1. The van der Waals surface area contributed by atoms with E-state index in [0.717, 1.165) is 47.2 Å². The molecule has 2 N–H and O–H groups in total. The number of nitrogens with zero attached hydrogens (tertiary/aromatic N) is 4. The standard InChI is InChI=1S/C23H21F4N5O4S/c24-16-3-5-18(6-4-16)37(35,36)32-9-1-8-22(32,13-33)21(34)29-12-17-10-19(31-14-30-17)15-2-7-20(28-11-15)23(25,26)27/h2-7,10-11,14,33H,1,8-9,12-13H2,(H,29,34)/t22-/m1/s1. The van der Waals surface area contributed by atoms with Gasteiger partial charge in [-0.05, 0) is 55.3 Å². The number of alkyl halides is 3.